The maximum atomic E-state index is 5.41. The molecule has 3 aliphatic heterocycles. The molecule has 2 aromatic carbocycles. The monoisotopic (exact) mass is 464 g/mol. The van der Waals surface area contributed by atoms with E-state index in [1.54, 1.807) is 0 Å². The summed E-state index contributed by atoms with van der Waals surface area (Å²) in [5.74, 6) is 3.23. The molecule has 0 aromatic heterocycles. The van der Waals surface area contributed by atoms with E-state index < -0.39 is 0 Å². The first kappa shape index (κ1) is 22.7. The first-order chi connectivity index (χ1) is 16.8. The van der Waals surface area contributed by atoms with Gasteiger partial charge in [0, 0.05) is 51.7 Å². The van der Waals surface area contributed by atoms with Gasteiger partial charge in [0.25, 0.3) is 0 Å². The van der Waals surface area contributed by atoms with Gasteiger partial charge in [-0.05, 0) is 73.5 Å². The molecule has 0 unspecified atom stereocenters. The average molecular weight is 465 g/mol. The quantitative estimate of drug-likeness (QED) is 0.398. The molecule has 0 atom stereocenters. The largest absolute Gasteiger partial charge is 0.454 e. The molecule has 0 saturated carbocycles. The Morgan fingerprint density at radius 3 is 1.53 bits per heavy atom. The Hall–Kier alpha value is -3.10. The van der Waals surface area contributed by atoms with Gasteiger partial charge >= 0.3 is 0 Å². The topological polar surface area (TPSA) is 68.1 Å². The van der Waals surface area contributed by atoms with Crippen molar-refractivity contribution in [2.24, 2.45) is 9.98 Å². The summed E-state index contributed by atoms with van der Waals surface area (Å²) in [5.41, 5.74) is 2.11. The highest BCUT2D eigenvalue weighted by molar-refractivity contribution is 5.81. The van der Waals surface area contributed by atoms with E-state index in [0.29, 0.717) is 13.6 Å². The van der Waals surface area contributed by atoms with Crippen LogP contribution >= 0.6 is 0 Å². The van der Waals surface area contributed by atoms with Crippen molar-refractivity contribution in [3.63, 3.8) is 0 Å². The maximum Gasteiger partial charge on any atom is 0.231 e. The number of ether oxygens (including phenoxy) is 4. The van der Waals surface area contributed by atoms with E-state index in [-0.39, 0.29) is 0 Å². The first-order valence-corrected chi connectivity index (χ1v) is 12.1. The van der Waals surface area contributed by atoms with Gasteiger partial charge in [0.05, 0.1) is 0 Å². The summed E-state index contributed by atoms with van der Waals surface area (Å²) < 4.78 is 21.5. The average Bonchev–Trinajstić information content (AvgIpc) is 3.53. The highest BCUT2D eigenvalue weighted by atomic mass is 16.7. The fraction of sp³-hybridized carbons (Fsp3) is 0.462. The molecule has 0 N–H and O–H groups in total. The molecular weight excluding hydrogens is 432 g/mol. The van der Waals surface area contributed by atoms with E-state index in [1.807, 2.05) is 48.8 Å². The van der Waals surface area contributed by atoms with Gasteiger partial charge in [-0.15, -0.1) is 0 Å². The lowest BCUT2D eigenvalue weighted by molar-refractivity contribution is 0.131. The highest BCUT2D eigenvalue weighted by Gasteiger charge is 2.16. The summed E-state index contributed by atoms with van der Waals surface area (Å²) >= 11 is 0. The predicted octanol–water partition coefficient (Wildman–Crippen LogP) is 3.08. The van der Waals surface area contributed by atoms with Crippen LogP contribution in [0, 0.1) is 0 Å². The normalized spacial score (nSPS) is 17.9. The van der Waals surface area contributed by atoms with Gasteiger partial charge in [0.15, 0.2) is 23.0 Å². The van der Waals surface area contributed by atoms with E-state index in [1.165, 1.54) is 0 Å². The third-order valence-corrected chi connectivity index (χ3v) is 6.26. The summed E-state index contributed by atoms with van der Waals surface area (Å²) in [4.78, 5) is 14.2. The molecule has 1 fully saturated rings. The first-order valence-electron chi connectivity index (χ1n) is 12.1. The van der Waals surface area contributed by atoms with E-state index in [2.05, 4.69) is 19.8 Å². The summed E-state index contributed by atoms with van der Waals surface area (Å²) in [6.07, 6.45) is 6.01. The molecule has 5 rings (SSSR count). The minimum Gasteiger partial charge on any atom is -0.454 e. The number of fused-ring (bicyclic) bond motifs is 2. The second kappa shape index (κ2) is 11.4. The molecule has 8 heteroatoms. The van der Waals surface area contributed by atoms with Crippen molar-refractivity contribution >= 4 is 12.4 Å². The molecule has 2 aromatic rings. The van der Waals surface area contributed by atoms with Crippen molar-refractivity contribution in [1.29, 1.82) is 0 Å². The Morgan fingerprint density at radius 2 is 1.06 bits per heavy atom. The second-order valence-corrected chi connectivity index (χ2v) is 8.69. The van der Waals surface area contributed by atoms with E-state index in [0.717, 1.165) is 99.3 Å². The third-order valence-electron chi connectivity index (χ3n) is 6.26. The van der Waals surface area contributed by atoms with Crippen molar-refractivity contribution < 1.29 is 18.9 Å². The zero-order valence-corrected chi connectivity index (χ0v) is 19.5. The minimum atomic E-state index is 0.305. The van der Waals surface area contributed by atoms with Gasteiger partial charge in [-0.2, -0.15) is 0 Å². The van der Waals surface area contributed by atoms with Crippen molar-refractivity contribution in [3.8, 4) is 23.0 Å². The summed E-state index contributed by atoms with van der Waals surface area (Å²) in [6, 6.07) is 11.9. The van der Waals surface area contributed by atoms with Crippen molar-refractivity contribution in [2.75, 3.05) is 65.9 Å². The van der Waals surface area contributed by atoms with Gasteiger partial charge in [0.2, 0.25) is 13.6 Å². The van der Waals surface area contributed by atoms with Crippen LogP contribution in [0.4, 0.5) is 0 Å². The SMILES string of the molecule is C(=NCCCN1CCN(CCCN=Cc2ccc3c(c2)OCO3)CC1)c1ccc2c(c1)OCO2. The Morgan fingerprint density at radius 1 is 0.618 bits per heavy atom. The van der Waals surface area contributed by atoms with Gasteiger partial charge in [-0.1, -0.05) is 0 Å². The fourth-order valence-electron chi connectivity index (χ4n) is 4.33. The number of benzene rings is 2. The van der Waals surface area contributed by atoms with Crippen LogP contribution in [0.5, 0.6) is 23.0 Å². The van der Waals surface area contributed by atoms with Gasteiger partial charge < -0.3 is 28.7 Å². The van der Waals surface area contributed by atoms with Crippen LogP contribution in [0.25, 0.3) is 0 Å². The maximum absolute atomic E-state index is 5.41. The van der Waals surface area contributed by atoms with Crippen LogP contribution in [0.2, 0.25) is 0 Å². The van der Waals surface area contributed by atoms with Crippen LogP contribution in [0.15, 0.2) is 46.4 Å². The molecule has 34 heavy (non-hydrogen) atoms. The van der Waals surface area contributed by atoms with Gasteiger partial charge in [-0.25, -0.2) is 0 Å². The predicted molar refractivity (Wildman–Crippen MR) is 132 cm³/mol. The number of nitrogens with zero attached hydrogens (tertiary/aromatic N) is 4. The van der Waals surface area contributed by atoms with Crippen LogP contribution in [-0.4, -0.2) is 88.2 Å². The molecule has 0 radical (unpaired) electrons. The zero-order chi connectivity index (χ0) is 23.0. The second-order valence-electron chi connectivity index (χ2n) is 8.69. The number of hydrogen-bond acceptors (Lipinski definition) is 8. The number of hydrogen-bond donors (Lipinski definition) is 0. The molecular formula is C26H32N4O4. The standard InChI is InChI=1S/C26H32N4O4/c1(7-27-17-21-3-5-23-25(15-21)33-19-31-23)9-29-11-13-30(14-12-29)10-2-8-28-18-22-4-6-24-26(16-22)34-20-32-24/h3-6,15-18H,1-2,7-14,19-20H2. The van der Waals surface area contributed by atoms with Crippen LogP contribution in [-0.2, 0) is 0 Å². The molecule has 0 spiro atoms. The molecule has 0 bridgehead atoms. The Kier molecular flexibility index (Phi) is 7.57. The highest BCUT2D eigenvalue weighted by Crippen LogP contribution is 2.32. The minimum absolute atomic E-state index is 0.305. The fourth-order valence-corrected chi connectivity index (χ4v) is 4.33. The third kappa shape index (κ3) is 6.07. The zero-order valence-electron chi connectivity index (χ0n) is 19.5. The summed E-state index contributed by atoms with van der Waals surface area (Å²) in [7, 11) is 0. The Labute approximate surface area is 200 Å². The molecule has 0 amide bonds. The number of rotatable bonds is 10. The van der Waals surface area contributed by atoms with E-state index in [4.69, 9.17) is 18.9 Å². The lowest BCUT2D eigenvalue weighted by Crippen LogP contribution is -2.46. The van der Waals surface area contributed by atoms with E-state index in [9.17, 15) is 0 Å². The lowest BCUT2D eigenvalue weighted by atomic mass is 10.2. The summed E-state index contributed by atoms with van der Waals surface area (Å²) in [5, 5.41) is 0. The Balaban J connectivity index is 0.925. The van der Waals surface area contributed by atoms with Gasteiger partial charge in [-0.3, -0.25) is 9.98 Å². The number of piperazine rings is 1. The molecule has 3 aliphatic rings. The van der Waals surface area contributed by atoms with Gasteiger partial charge in [0.1, 0.15) is 0 Å². The molecule has 0 aliphatic carbocycles. The smallest absolute Gasteiger partial charge is 0.231 e. The molecule has 8 nitrogen and oxygen atoms in total. The van der Waals surface area contributed by atoms with Crippen molar-refractivity contribution in [2.45, 2.75) is 12.8 Å². The van der Waals surface area contributed by atoms with Crippen molar-refractivity contribution in [3.05, 3.63) is 47.5 Å². The van der Waals surface area contributed by atoms with Crippen LogP contribution in [0.1, 0.15) is 24.0 Å². The summed E-state index contributed by atoms with van der Waals surface area (Å²) in [6.45, 7) is 9.03. The van der Waals surface area contributed by atoms with Crippen LogP contribution < -0.4 is 18.9 Å². The van der Waals surface area contributed by atoms with Crippen molar-refractivity contribution in [1.82, 2.24) is 9.80 Å². The molecule has 1 saturated heterocycles. The Bertz CT molecular complexity index is 936. The number of aliphatic imine (C=N–C) groups is 2. The molecule has 180 valence electrons. The van der Waals surface area contributed by atoms with E-state index >= 15 is 0 Å². The molecule has 3 heterocycles. The lowest BCUT2D eigenvalue weighted by Gasteiger charge is -2.34. The van der Waals surface area contributed by atoms with Crippen LogP contribution in [0.3, 0.4) is 0 Å².